The maximum atomic E-state index is 11.8. The highest BCUT2D eigenvalue weighted by Crippen LogP contribution is 2.33. The number of hydrogen-bond donors (Lipinski definition) is 1. The summed E-state index contributed by atoms with van der Waals surface area (Å²) in [7, 11) is 0. The Labute approximate surface area is 90.3 Å². The second-order valence-electron chi connectivity index (χ2n) is 2.18. The van der Waals surface area contributed by atoms with Gasteiger partial charge in [-0.15, -0.1) is 0 Å². The van der Waals surface area contributed by atoms with Crippen LogP contribution >= 0.6 is 31.9 Å². The van der Waals surface area contributed by atoms with Gasteiger partial charge in [-0.1, -0.05) is 0 Å². The van der Waals surface area contributed by atoms with Gasteiger partial charge in [0.05, 0.1) is 4.47 Å². The van der Waals surface area contributed by atoms with Crippen molar-refractivity contribution in [1.29, 1.82) is 0 Å². The highest BCUT2D eigenvalue weighted by molar-refractivity contribution is 9.11. The number of nitrogen functional groups attached to an aromatic ring is 1. The van der Waals surface area contributed by atoms with Crippen molar-refractivity contribution in [1.82, 2.24) is 0 Å². The molecule has 1 aromatic carbocycles. The molecule has 0 aliphatic carbocycles. The van der Waals surface area contributed by atoms with Crippen LogP contribution in [0.3, 0.4) is 0 Å². The van der Waals surface area contributed by atoms with Crippen LogP contribution in [0.5, 0.6) is 5.75 Å². The van der Waals surface area contributed by atoms with Crippen molar-refractivity contribution >= 4 is 37.5 Å². The van der Waals surface area contributed by atoms with E-state index in [0.29, 0.717) is 14.6 Å². The molecule has 0 heterocycles. The summed E-state index contributed by atoms with van der Waals surface area (Å²) in [6.07, 6.45) is 0. The van der Waals surface area contributed by atoms with Crippen molar-refractivity contribution in [2.45, 2.75) is 6.61 Å². The molecular formula is C7H5Br2F2NO. The summed E-state index contributed by atoms with van der Waals surface area (Å²) < 4.78 is 28.9. The fourth-order valence-electron chi connectivity index (χ4n) is 0.731. The first-order valence-corrected chi connectivity index (χ1v) is 4.78. The van der Waals surface area contributed by atoms with Gasteiger partial charge >= 0.3 is 6.61 Å². The molecule has 2 nitrogen and oxygen atoms in total. The lowest BCUT2D eigenvalue weighted by Crippen LogP contribution is -2.03. The molecule has 0 atom stereocenters. The van der Waals surface area contributed by atoms with Gasteiger partial charge < -0.3 is 10.5 Å². The zero-order valence-corrected chi connectivity index (χ0v) is 9.40. The third-order valence-electron chi connectivity index (χ3n) is 1.27. The van der Waals surface area contributed by atoms with E-state index in [-0.39, 0.29) is 5.75 Å². The summed E-state index contributed by atoms with van der Waals surface area (Å²) in [5.74, 6) is 0.0238. The Morgan fingerprint density at radius 2 is 1.85 bits per heavy atom. The molecule has 72 valence electrons. The molecule has 0 bridgehead atoms. The SMILES string of the molecule is Nc1cc(OC(F)F)c(Br)cc1Br. The van der Waals surface area contributed by atoms with E-state index in [9.17, 15) is 8.78 Å². The molecule has 0 saturated heterocycles. The molecule has 0 unspecified atom stereocenters. The maximum Gasteiger partial charge on any atom is 0.387 e. The summed E-state index contributed by atoms with van der Waals surface area (Å²) in [4.78, 5) is 0. The molecule has 1 aromatic rings. The Bertz CT molecular complexity index is 320. The average Bonchev–Trinajstić information content (AvgIpc) is 1.99. The van der Waals surface area contributed by atoms with E-state index in [4.69, 9.17) is 5.73 Å². The minimum atomic E-state index is -2.85. The largest absolute Gasteiger partial charge is 0.434 e. The zero-order valence-electron chi connectivity index (χ0n) is 6.23. The van der Waals surface area contributed by atoms with Crippen LogP contribution in [0.2, 0.25) is 0 Å². The monoisotopic (exact) mass is 315 g/mol. The molecule has 0 fully saturated rings. The van der Waals surface area contributed by atoms with Crippen LogP contribution in [-0.4, -0.2) is 6.61 Å². The summed E-state index contributed by atoms with van der Waals surface area (Å²) >= 11 is 6.21. The summed E-state index contributed by atoms with van der Waals surface area (Å²) in [6.45, 7) is -2.85. The first kappa shape index (κ1) is 10.7. The van der Waals surface area contributed by atoms with Gasteiger partial charge in [0, 0.05) is 16.2 Å². The molecule has 2 N–H and O–H groups in total. The standard InChI is InChI=1S/C7H5Br2F2NO/c8-3-1-4(9)6(2-5(3)12)13-7(10)11/h1-2,7H,12H2. The summed E-state index contributed by atoms with van der Waals surface area (Å²) in [6, 6.07) is 2.87. The normalized spacial score (nSPS) is 10.5. The topological polar surface area (TPSA) is 35.2 Å². The number of ether oxygens (including phenoxy) is 1. The number of benzene rings is 1. The van der Waals surface area contributed by atoms with E-state index in [0.717, 1.165) is 0 Å². The van der Waals surface area contributed by atoms with Crippen LogP contribution in [0.4, 0.5) is 14.5 Å². The van der Waals surface area contributed by atoms with Gasteiger partial charge in [0.25, 0.3) is 0 Å². The molecule has 0 aromatic heterocycles. The lowest BCUT2D eigenvalue weighted by atomic mass is 10.3. The van der Waals surface area contributed by atoms with E-state index in [1.165, 1.54) is 6.07 Å². The highest BCUT2D eigenvalue weighted by Gasteiger charge is 2.10. The van der Waals surface area contributed by atoms with E-state index >= 15 is 0 Å². The van der Waals surface area contributed by atoms with Crippen LogP contribution in [0.25, 0.3) is 0 Å². The van der Waals surface area contributed by atoms with Crippen molar-refractivity contribution in [2.24, 2.45) is 0 Å². The molecule has 6 heteroatoms. The Morgan fingerprint density at radius 1 is 1.23 bits per heavy atom. The number of nitrogens with two attached hydrogens (primary N) is 1. The molecule has 0 spiro atoms. The maximum absolute atomic E-state index is 11.8. The first-order valence-electron chi connectivity index (χ1n) is 3.20. The molecule has 0 aliphatic rings. The van der Waals surface area contributed by atoms with Crippen molar-refractivity contribution in [3.05, 3.63) is 21.1 Å². The van der Waals surface area contributed by atoms with Crippen molar-refractivity contribution in [3.63, 3.8) is 0 Å². The van der Waals surface area contributed by atoms with E-state index in [2.05, 4.69) is 36.6 Å². The van der Waals surface area contributed by atoms with E-state index < -0.39 is 6.61 Å². The van der Waals surface area contributed by atoms with Crippen LogP contribution in [0.1, 0.15) is 0 Å². The molecule has 13 heavy (non-hydrogen) atoms. The molecule has 1 rings (SSSR count). The van der Waals surface area contributed by atoms with Crippen molar-refractivity contribution < 1.29 is 13.5 Å². The predicted molar refractivity (Wildman–Crippen MR) is 52.9 cm³/mol. The number of alkyl halides is 2. The second-order valence-corrected chi connectivity index (χ2v) is 3.89. The van der Waals surface area contributed by atoms with E-state index in [1.807, 2.05) is 0 Å². The molecule has 0 aliphatic heterocycles. The smallest absolute Gasteiger partial charge is 0.387 e. The minimum Gasteiger partial charge on any atom is -0.434 e. The van der Waals surface area contributed by atoms with E-state index in [1.54, 1.807) is 6.07 Å². The number of halogens is 4. The van der Waals surface area contributed by atoms with Crippen molar-refractivity contribution in [2.75, 3.05) is 5.73 Å². The molecule has 0 radical (unpaired) electrons. The van der Waals surface area contributed by atoms with Crippen LogP contribution in [0.15, 0.2) is 21.1 Å². The number of anilines is 1. The van der Waals surface area contributed by atoms with Gasteiger partial charge in [0.1, 0.15) is 5.75 Å². The highest BCUT2D eigenvalue weighted by atomic mass is 79.9. The van der Waals surface area contributed by atoms with Crippen molar-refractivity contribution in [3.8, 4) is 5.75 Å². The van der Waals surface area contributed by atoms with Gasteiger partial charge in [0.15, 0.2) is 0 Å². The Hall–Kier alpha value is -0.360. The number of rotatable bonds is 2. The van der Waals surface area contributed by atoms with Crippen LogP contribution in [0, 0.1) is 0 Å². The van der Waals surface area contributed by atoms with Gasteiger partial charge in [-0.2, -0.15) is 8.78 Å². The quantitative estimate of drug-likeness (QED) is 0.849. The molecular weight excluding hydrogens is 312 g/mol. The van der Waals surface area contributed by atoms with Gasteiger partial charge in [-0.3, -0.25) is 0 Å². The molecule has 0 amide bonds. The predicted octanol–water partition coefficient (Wildman–Crippen LogP) is 3.40. The Morgan fingerprint density at radius 3 is 2.38 bits per heavy atom. The summed E-state index contributed by atoms with van der Waals surface area (Å²) in [5.41, 5.74) is 5.82. The van der Waals surface area contributed by atoms with Gasteiger partial charge in [-0.05, 0) is 37.9 Å². The third kappa shape index (κ3) is 2.80. The minimum absolute atomic E-state index is 0.0238. The zero-order chi connectivity index (χ0) is 10.0. The fourth-order valence-corrected chi connectivity index (χ4v) is 1.82. The average molecular weight is 317 g/mol. The van der Waals surface area contributed by atoms with Crippen LogP contribution in [-0.2, 0) is 0 Å². The Kier molecular flexibility index (Phi) is 3.49. The van der Waals surface area contributed by atoms with Gasteiger partial charge in [-0.25, -0.2) is 0 Å². The third-order valence-corrected chi connectivity index (χ3v) is 2.57. The number of hydrogen-bond acceptors (Lipinski definition) is 2. The second kappa shape index (κ2) is 4.23. The first-order chi connectivity index (χ1) is 6.00. The Balaban J connectivity index is 3.01. The lowest BCUT2D eigenvalue weighted by molar-refractivity contribution is -0.0503. The van der Waals surface area contributed by atoms with Gasteiger partial charge in [0.2, 0.25) is 0 Å². The lowest BCUT2D eigenvalue weighted by Gasteiger charge is -2.08. The van der Waals surface area contributed by atoms with Crippen LogP contribution < -0.4 is 10.5 Å². The summed E-state index contributed by atoms with van der Waals surface area (Å²) in [5, 5.41) is 0. The molecule has 0 saturated carbocycles. The fraction of sp³-hybridized carbons (Fsp3) is 0.143.